The zero-order valence-corrected chi connectivity index (χ0v) is 15.3. The van der Waals surface area contributed by atoms with Gasteiger partial charge in [0.25, 0.3) is 0 Å². The molecule has 0 spiro atoms. The van der Waals surface area contributed by atoms with Crippen LogP contribution in [0.5, 0.6) is 0 Å². The van der Waals surface area contributed by atoms with Gasteiger partial charge in [-0.2, -0.15) is 0 Å². The summed E-state index contributed by atoms with van der Waals surface area (Å²) < 4.78 is 4.63. The number of nitrogens with one attached hydrogen (secondary N) is 1. The molecule has 0 aromatic carbocycles. The lowest BCUT2D eigenvalue weighted by atomic mass is 10.2. The molecule has 0 aromatic heterocycles. The number of esters is 1. The van der Waals surface area contributed by atoms with E-state index >= 15 is 0 Å². The van der Waals surface area contributed by atoms with Gasteiger partial charge in [0.05, 0.1) is 7.11 Å². The van der Waals surface area contributed by atoms with Crippen LogP contribution in [-0.4, -0.2) is 50.6 Å². The Bertz CT molecular complexity index is 343. The van der Waals surface area contributed by atoms with Gasteiger partial charge in [0.15, 0.2) is 5.96 Å². The lowest BCUT2D eigenvalue weighted by Crippen LogP contribution is -2.39. The minimum atomic E-state index is -0.127. The number of unbranched alkanes of at least 4 members (excludes halogenated alkanes) is 5. The van der Waals surface area contributed by atoms with E-state index in [4.69, 9.17) is 0 Å². The second-order valence-corrected chi connectivity index (χ2v) is 5.68. The van der Waals surface area contributed by atoms with Gasteiger partial charge in [-0.15, -0.1) is 6.58 Å². The fourth-order valence-corrected chi connectivity index (χ4v) is 2.23. The van der Waals surface area contributed by atoms with Crippen LogP contribution in [0.25, 0.3) is 0 Å². The van der Waals surface area contributed by atoms with E-state index < -0.39 is 0 Å². The Kier molecular flexibility index (Phi) is 14.4. The van der Waals surface area contributed by atoms with Gasteiger partial charge in [-0.25, -0.2) is 0 Å². The van der Waals surface area contributed by atoms with Gasteiger partial charge in [-0.1, -0.05) is 18.9 Å². The number of hydrogen-bond acceptors (Lipinski definition) is 3. The highest BCUT2D eigenvalue weighted by molar-refractivity contribution is 5.79. The van der Waals surface area contributed by atoms with Crippen LogP contribution >= 0.6 is 0 Å². The molecular formula is C18H35N3O2. The Morgan fingerprint density at radius 3 is 2.61 bits per heavy atom. The molecule has 5 nitrogen and oxygen atoms in total. The molecule has 0 rings (SSSR count). The van der Waals surface area contributed by atoms with Crippen molar-refractivity contribution in [3.05, 3.63) is 12.7 Å². The molecular weight excluding hydrogens is 290 g/mol. The summed E-state index contributed by atoms with van der Waals surface area (Å²) in [7, 11) is 3.52. The SMILES string of the molecule is C=CCCCCCN(C)C(=NCCCCCC(=O)OC)NCC. The van der Waals surface area contributed by atoms with E-state index in [2.05, 4.69) is 40.5 Å². The van der Waals surface area contributed by atoms with Gasteiger partial charge in [0.1, 0.15) is 0 Å². The topological polar surface area (TPSA) is 53.9 Å². The summed E-state index contributed by atoms with van der Waals surface area (Å²) in [6, 6.07) is 0. The summed E-state index contributed by atoms with van der Waals surface area (Å²) in [6.45, 7) is 8.53. The molecule has 0 aliphatic carbocycles. The molecule has 23 heavy (non-hydrogen) atoms. The number of allylic oxidation sites excluding steroid dienone is 1. The quantitative estimate of drug-likeness (QED) is 0.185. The zero-order valence-electron chi connectivity index (χ0n) is 15.3. The van der Waals surface area contributed by atoms with Gasteiger partial charge in [0.2, 0.25) is 0 Å². The Hall–Kier alpha value is -1.52. The lowest BCUT2D eigenvalue weighted by Gasteiger charge is -2.22. The largest absolute Gasteiger partial charge is 0.469 e. The molecule has 0 radical (unpaired) electrons. The fraction of sp³-hybridized carbons (Fsp3) is 0.778. The van der Waals surface area contributed by atoms with Crippen molar-refractivity contribution >= 4 is 11.9 Å². The predicted octanol–water partition coefficient (Wildman–Crippen LogP) is 3.36. The predicted molar refractivity (Wildman–Crippen MR) is 97.8 cm³/mol. The molecule has 0 unspecified atom stereocenters. The molecule has 0 fully saturated rings. The molecule has 0 aliphatic rings. The zero-order chi connectivity index (χ0) is 17.3. The summed E-state index contributed by atoms with van der Waals surface area (Å²) in [5.41, 5.74) is 0. The van der Waals surface area contributed by atoms with E-state index in [1.165, 1.54) is 26.4 Å². The van der Waals surface area contributed by atoms with Crippen molar-refractivity contribution in [2.75, 3.05) is 33.8 Å². The van der Waals surface area contributed by atoms with Crippen molar-refractivity contribution in [2.24, 2.45) is 4.99 Å². The number of aliphatic imine (C=N–C) groups is 1. The van der Waals surface area contributed by atoms with Gasteiger partial charge < -0.3 is 15.0 Å². The number of methoxy groups -OCH3 is 1. The summed E-state index contributed by atoms with van der Waals surface area (Å²) in [4.78, 5) is 17.9. The van der Waals surface area contributed by atoms with Gasteiger partial charge >= 0.3 is 5.97 Å². The summed E-state index contributed by atoms with van der Waals surface area (Å²) >= 11 is 0. The number of ether oxygens (including phenoxy) is 1. The Balaban J connectivity index is 3.96. The van der Waals surface area contributed by atoms with Gasteiger partial charge in [-0.3, -0.25) is 9.79 Å². The number of carbonyl (C=O) groups is 1. The molecule has 0 bridgehead atoms. The minimum absolute atomic E-state index is 0.127. The van der Waals surface area contributed by atoms with Crippen LogP contribution in [0.15, 0.2) is 17.6 Å². The van der Waals surface area contributed by atoms with Crippen LogP contribution in [0.1, 0.15) is 58.3 Å². The van der Waals surface area contributed by atoms with E-state index in [1.807, 2.05) is 6.08 Å². The highest BCUT2D eigenvalue weighted by atomic mass is 16.5. The van der Waals surface area contributed by atoms with E-state index in [0.29, 0.717) is 6.42 Å². The second-order valence-electron chi connectivity index (χ2n) is 5.68. The molecule has 0 saturated carbocycles. The van der Waals surface area contributed by atoms with Crippen molar-refractivity contribution in [3.63, 3.8) is 0 Å². The number of guanidine groups is 1. The van der Waals surface area contributed by atoms with Crippen molar-refractivity contribution < 1.29 is 9.53 Å². The Labute approximate surface area is 142 Å². The van der Waals surface area contributed by atoms with Crippen molar-refractivity contribution in [2.45, 2.75) is 58.3 Å². The number of hydrogen-bond donors (Lipinski definition) is 1. The fourth-order valence-electron chi connectivity index (χ4n) is 2.23. The van der Waals surface area contributed by atoms with Crippen molar-refractivity contribution in [1.29, 1.82) is 0 Å². The highest BCUT2D eigenvalue weighted by Crippen LogP contribution is 2.03. The Morgan fingerprint density at radius 1 is 1.22 bits per heavy atom. The average molecular weight is 325 g/mol. The summed E-state index contributed by atoms with van der Waals surface area (Å²) in [5, 5.41) is 3.34. The minimum Gasteiger partial charge on any atom is -0.469 e. The highest BCUT2D eigenvalue weighted by Gasteiger charge is 2.05. The first kappa shape index (κ1) is 21.5. The maximum atomic E-state index is 11.0. The monoisotopic (exact) mass is 325 g/mol. The number of rotatable bonds is 13. The van der Waals surface area contributed by atoms with E-state index in [0.717, 1.165) is 51.3 Å². The second kappa shape index (κ2) is 15.4. The van der Waals surface area contributed by atoms with Gasteiger partial charge in [0, 0.05) is 33.1 Å². The standard InChI is InChI=1S/C18H35N3O2/c1-5-7-8-9-13-16-21(3)18(19-6-2)20-15-12-10-11-14-17(22)23-4/h5H,1,6-16H2,2-4H3,(H,19,20). The van der Waals surface area contributed by atoms with Gasteiger partial charge in [-0.05, 0) is 39.0 Å². The van der Waals surface area contributed by atoms with Crippen molar-refractivity contribution in [1.82, 2.24) is 10.2 Å². The summed E-state index contributed by atoms with van der Waals surface area (Å²) in [5.74, 6) is 0.849. The summed E-state index contributed by atoms with van der Waals surface area (Å²) in [6.07, 6.45) is 10.1. The third-order valence-electron chi connectivity index (χ3n) is 3.63. The Morgan fingerprint density at radius 2 is 1.96 bits per heavy atom. The molecule has 0 atom stereocenters. The molecule has 0 aromatic rings. The van der Waals surface area contributed by atoms with Crippen LogP contribution in [0.3, 0.4) is 0 Å². The molecule has 134 valence electrons. The first-order chi connectivity index (χ1) is 11.2. The molecule has 1 N–H and O–H groups in total. The molecule has 0 heterocycles. The third kappa shape index (κ3) is 12.7. The number of nitrogens with zero attached hydrogens (tertiary/aromatic N) is 2. The first-order valence-electron chi connectivity index (χ1n) is 8.82. The maximum Gasteiger partial charge on any atom is 0.305 e. The third-order valence-corrected chi connectivity index (χ3v) is 3.63. The molecule has 0 saturated heterocycles. The van der Waals surface area contributed by atoms with E-state index in [1.54, 1.807) is 0 Å². The van der Waals surface area contributed by atoms with Crippen LogP contribution in [0.2, 0.25) is 0 Å². The maximum absolute atomic E-state index is 11.0. The molecule has 0 amide bonds. The average Bonchev–Trinajstić information content (AvgIpc) is 2.56. The number of carbonyl (C=O) groups excluding carboxylic acids is 1. The van der Waals surface area contributed by atoms with Crippen molar-refractivity contribution in [3.8, 4) is 0 Å². The van der Waals surface area contributed by atoms with Crippen LogP contribution in [-0.2, 0) is 9.53 Å². The first-order valence-corrected chi connectivity index (χ1v) is 8.82. The smallest absolute Gasteiger partial charge is 0.305 e. The van der Waals surface area contributed by atoms with Crippen LogP contribution < -0.4 is 5.32 Å². The molecule has 5 heteroatoms. The lowest BCUT2D eigenvalue weighted by molar-refractivity contribution is -0.140. The van der Waals surface area contributed by atoms with Crippen LogP contribution in [0, 0.1) is 0 Å². The normalized spacial score (nSPS) is 11.2. The molecule has 0 aliphatic heterocycles. The van der Waals surface area contributed by atoms with Crippen LogP contribution in [0.4, 0.5) is 0 Å². The van der Waals surface area contributed by atoms with E-state index in [-0.39, 0.29) is 5.97 Å². The van der Waals surface area contributed by atoms with E-state index in [9.17, 15) is 4.79 Å².